The van der Waals surface area contributed by atoms with Crippen molar-refractivity contribution in [1.29, 1.82) is 0 Å². The lowest BCUT2D eigenvalue weighted by atomic mass is 10.0. The second-order valence-corrected chi connectivity index (χ2v) is 8.75. The van der Waals surface area contributed by atoms with Crippen molar-refractivity contribution in [3.05, 3.63) is 69.6 Å². The highest BCUT2D eigenvalue weighted by molar-refractivity contribution is 6.30. The number of halogens is 1. The molecule has 0 atom stereocenters. The molecule has 4 rings (SSSR count). The number of unbranched alkanes of at least 4 members (excludes halogenated alkanes) is 2. The minimum Gasteiger partial charge on any atom is -0.290 e. The van der Waals surface area contributed by atoms with E-state index in [0.717, 1.165) is 53.6 Å². The molecule has 3 aromatic heterocycles. The van der Waals surface area contributed by atoms with Gasteiger partial charge in [0.15, 0.2) is 5.82 Å². The first-order chi connectivity index (χ1) is 16.0. The first kappa shape index (κ1) is 22.9. The van der Waals surface area contributed by atoms with Gasteiger partial charge in [0.25, 0.3) is 0 Å². The van der Waals surface area contributed by atoms with Gasteiger partial charge in [0.05, 0.1) is 12.2 Å². The molecule has 0 saturated heterocycles. The first-order valence-corrected chi connectivity index (χ1v) is 11.7. The van der Waals surface area contributed by atoms with E-state index in [1.165, 1.54) is 0 Å². The molecule has 0 saturated carbocycles. The maximum Gasteiger partial charge on any atom is 0.330 e. The number of hydrogen-bond acceptors (Lipinski definition) is 5. The summed E-state index contributed by atoms with van der Waals surface area (Å²) in [4.78, 5) is 17.4. The fourth-order valence-corrected chi connectivity index (χ4v) is 4.51. The summed E-state index contributed by atoms with van der Waals surface area (Å²) in [5.74, 6) is 0.587. The Kier molecular flexibility index (Phi) is 7.03. The predicted octanol–water partition coefficient (Wildman–Crippen LogP) is 4.91. The predicted molar refractivity (Wildman–Crippen MR) is 129 cm³/mol. The molecule has 3 heterocycles. The average molecular weight is 466 g/mol. The van der Waals surface area contributed by atoms with Crippen molar-refractivity contribution in [2.75, 3.05) is 0 Å². The lowest BCUT2D eigenvalue weighted by Crippen LogP contribution is -2.26. The SMILES string of the molecule is CCCCCc1c(Cl)n(C(C)C)c(=O)n1Cc1ccc(-c2cnccc2-c2nnn[nH]2)cc1. The van der Waals surface area contributed by atoms with Crippen LogP contribution in [0.4, 0.5) is 0 Å². The highest BCUT2D eigenvalue weighted by Gasteiger charge is 2.20. The minimum absolute atomic E-state index is 0.00753. The Bertz CT molecular complexity index is 1260. The van der Waals surface area contributed by atoms with Crippen LogP contribution < -0.4 is 5.69 Å². The maximum atomic E-state index is 13.2. The lowest BCUT2D eigenvalue weighted by molar-refractivity contribution is 0.560. The molecule has 0 unspecified atom stereocenters. The number of aromatic nitrogens is 7. The molecule has 0 aliphatic heterocycles. The summed E-state index contributed by atoms with van der Waals surface area (Å²) in [5, 5.41) is 14.7. The van der Waals surface area contributed by atoms with Crippen molar-refractivity contribution in [2.24, 2.45) is 0 Å². The summed E-state index contributed by atoms with van der Waals surface area (Å²) in [7, 11) is 0. The van der Waals surface area contributed by atoms with Crippen LogP contribution in [0.5, 0.6) is 0 Å². The van der Waals surface area contributed by atoms with E-state index in [1.54, 1.807) is 17.0 Å². The number of rotatable bonds is 9. The third-order valence-corrected chi connectivity index (χ3v) is 6.17. The van der Waals surface area contributed by atoms with Crippen LogP contribution in [-0.2, 0) is 13.0 Å². The van der Waals surface area contributed by atoms with Gasteiger partial charge >= 0.3 is 5.69 Å². The van der Waals surface area contributed by atoms with Gasteiger partial charge in [-0.25, -0.2) is 9.89 Å². The van der Waals surface area contributed by atoms with E-state index in [4.69, 9.17) is 11.6 Å². The number of pyridine rings is 1. The topological polar surface area (TPSA) is 94.3 Å². The number of H-pyrrole nitrogens is 1. The van der Waals surface area contributed by atoms with Crippen LogP contribution >= 0.6 is 11.6 Å². The van der Waals surface area contributed by atoms with Gasteiger partial charge in [-0.05, 0) is 54.3 Å². The zero-order valence-electron chi connectivity index (χ0n) is 19.1. The van der Waals surface area contributed by atoms with E-state index in [2.05, 4.69) is 32.5 Å². The first-order valence-electron chi connectivity index (χ1n) is 11.3. The van der Waals surface area contributed by atoms with Crippen molar-refractivity contribution in [1.82, 2.24) is 34.7 Å². The normalized spacial score (nSPS) is 11.4. The van der Waals surface area contributed by atoms with Crippen molar-refractivity contribution in [3.8, 4) is 22.5 Å². The minimum atomic E-state index is -0.0575. The van der Waals surface area contributed by atoms with Gasteiger partial charge in [0, 0.05) is 29.6 Å². The molecule has 0 bridgehead atoms. The van der Waals surface area contributed by atoms with Crippen molar-refractivity contribution < 1.29 is 0 Å². The van der Waals surface area contributed by atoms with E-state index < -0.39 is 0 Å². The molecule has 0 fully saturated rings. The Morgan fingerprint density at radius 3 is 2.55 bits per heavy atom. The Balaban J connectivity index is 1.65. The molecule has 8 nitrogen and oxygen atoms in total. The number of hydrogen-bond donors (Lipinski definition) is 1. The third-order valence-electron chi connectivity index (χ3n) is 5.77. The number of aromatic amines is 1. The van der Waals surface area contributed by atoms with E-state index >= 15 is 0 Å². The summed E-state index contributed by atoms with van der Waals surface area (Å²) in [6.07, 6.45) is 7.55. The molecule has 0 aliphatic carbocycles. The molecule has 0 aliphatic rings. The zero-order chi connectivity index (χ0) is 23.4. The third kappa shape index (κ3) is 4.75. The van der Waals surface area contributed by atoms with Crippen LogP contribution in [-0.4, -0.2) is 34.7 Å². The van der Waals surface area contributed by atoms with Gasteiger partial charge in [0.2, 0.25) is 0 Å². The highest BCUT2D eigenvalue weighted by atomic mass is 35.5. The fraction of sp³-hybridized carbons (Fsp3) is 0.375. The smallest absolute Gasteiger partial charge is 0.290 e. The number of nitrogens with one attached hydrogen (secondary N) is 1. The summed E-state index contributed by atoms with van der Waals surface area (Å²) >= 11 is 6.66. The van der Waals surface area contributed by atoms with Crippen molar-refractivity contribution in [2.45, 2.75) is 59.0 Å². The van der Waals surface area contributed by atoms with Gasteiger partial charge in [-0.2, -0.15) is 0 Å². The van der Waals surface area contributed by atoms with Gasteiger partial charge in [-0.3, -0.25) is 14.1 Å². The molecule has 9 heteroatoms. The monoisotopic (exact) mass is 465 g/mol. The number of benzene rings is 1. The van der Waals surface area contributed by atoms with Gasteiger partial charge in [-0.15, -0.1) is 5.10 Å². The van der Waals surface area contributed by atoms with Crippen LogP contribution in [0.25, 0.3) is 22.5 Å². The van der Waals surface area contributed by atoms with E-state index in [9.17, 15) is 4.79 Å². The molecule has 4 aromatic rings. The van der Waals surface area contributed by atoms with E-state index in [1.807, 2.05) is 48.7 Å². The van der Waals surface area contributed by atoms with Crippen LogP contribution in [0.15, 0.2) is 47.5 Å². The number of imidazole rings is 1. The Hall–Kier alpha value is -3.26. The Labute approximate surface area is 197 Å². The second-order valence-electron chi connectivity index (χ2n) is 8.40. The molecular weight excluding hydrogens is 438 g/mol. The Morgan fingerprint density at radius 2 is 1.88 bits per heavy atom. The molecule has 1 aromatic carbocycles. The van der Waals surface area contributed by atoms with Crippen LogP contribution in [0.3, 0.4) is 0 Å². The average Bonchev–Trinajstić information content (AvgIpc) is 3.43. The molecule has 1 N–H and O–H groups in total. The standard InChI is InChI=1S/C24H28ClN7O/c1-4-5-6-7-21-22(25)32(16(2)3)24(33)31(21)15-17-8-10-18(11-9-17)20-14-26-13-12-19(20)23-27-29-30-28-23/h8-14,16H,4-7,15H2,1-3H3,(H,27,28,29,30). The largest absolute Gasteiger partial charge is 0.330 e. The van der Waals surface area contributed by atoms with Crippen molar-refractivity contribution in [3.63, 3.8) is 0 Å². The van der Waals surface area contributed by atoms with Crippen LogP contribution in [0.2, 0.25) is 5.15 Å². The quantitative estimate of drug-likeness (QED) is 0.354. The molecule has 0 radical (unpaired) electrons. The molecule has 33 heavy (non-hydrogen) atoms. The highest BCUT2D eigenvalue weighted by Crippen LogP contribution is 2.29. The van der Waals surface area contributed by atoms with Gasteiger partial charge in [-0.1, -0.05) is 55.6 Å². The van der Waals surface area contributed by atoms with Crippen LogP contribution in [0.1, 0.15) is 57.3 Å². The number of nitrogens with zero attached hydrogens (tertiary/aromatic N) is 6. The molecular formula is C24H28ClN7O. The zero-order valence-corrected chi connectivity index (χ0v) is 19.9. The Morgan fingerprint density at radius 1 is 1.09 bits per heavy atom. The van der Waals surface area contributed by atoms with E-state index in [-0.39, 0.29) is 11.7 Å². The summed E-state index contributed by atoms with van der Waals surface area (Å²) in [5.41, 5.74) is 4.68. The second kappa shape index (κ2) is 10.1. The molecule has 0 amide bonds. The summed E-state index contributed by atoms with van der Waals surface area (Å²) < 4.78 is 3.51. The summed E-state index contributed by atoms with van der Waals surface area (Å²) in [6, 6.07) is 10.0. The lowest BCUT2D eigenvalue weighted by Gasteiger charge is -2.10. The van der Waals surface area contributed by atoms with Crippen LogP contribution in [0, 0.1) is 0 Å². The van der Waals surface area contributed by atoms with Crippen molar-refractivity contribution >= 4 is 11.6 Å². The fourth-order valence-electron chi connectivity index (χ4n) is 4.05. The number of tetrazole rings is 1. The molecule has 172 valence electrons. The maximum absolute atomic E-state index is 13.2. The van der Waals surface area contributed by atoms with Gasteiger partial charge in [0.1, 0.15) is 5.15 Å². The molecule has 0 spiro atoms. The summed E-state index contributed by atoms with van der Waals surface area (Å²) in [6.45, 7) is 6.61. The van der Waals surface area contributed by atoms with E-state index in [0.29, 0.717) is 17.5 Å². The van der Waals surface area contributed by atoms with Gasteiger partial charge < -0.3 is 0 Å².